The van der Waals surface area contributed by atoms with Crippen LogP contribution in [0.4, 0.5) is 0 Å². The van der Waals surface area contributed by atoms with E-state index in [2.05, 4.69) is 15.5 Å². The molecule has 0 saturated heterocycles. The fraction of sp³-hybridized carbons (Fsp3) is 0.300. The van der Waals surface area contributed by atoms with Crippen molar-refractivity contribution in [3.63, 3.8) is 0 Å². The maximum atomic E-state index is 11.7. The molecule has 6 nitrogen and oxygen atoms in total. The van der Waals surface area contributed by atoms with Crippen LogP contribution in [-0.4, -0.2) is 28.0 Å². The standard InChI is InChI=1S/C10H13ClN4O2/c1-2-7(9(12)15-17)14-10(16)8-4-3-6(11)5-13-8/h3-5,7,17H,2H2,1H3,(H2,12,15)(H,14,16). The van der Waals surface area contributed by atoms with E-state index in [-0.39, 0.29) is 11.5 Å². The number of amides is 1. The van der Waals surface area contributed by atoms with E-state index in [9.17, 15) is 4.79 Å². The van der Waals surface area contributed by atoms with Gasteiger partial charge < -0.3 is 16.3 Å². The molecule has 1 aromatic heterocycles. The number of rotatable bonds is 4. The molecule has 0 aromatic carbocycles. The number of oxime groups is 1. The summed E-state index contributed by atoms with van der Waals surface area (Å²) in [6.45, 7) is 1.80. The topological polar surface area (TPSA) is 101 Å². The normalized spacial score (nSPS) is 13.2. The average Bonchev–Trinajstić information content (AvgIpc) is 2.35. The van der Waals surface area contributed by atoms with Gasteiger partial charge in [0, 0.05) is 6.20 Å². The number of nitrogens with two attached hydrogens (primary N) is 1. The number of halogens is 1. The van der Waals surface area contributed by atoms with Crippen LogP contribution in [0.15, 0.2) is 23.5 Å². The molecule has 4 N–H and O–H groups in total. The molecule has 1 amide bonds. The number of carbonyl (C=O) groups is 1. The molecule has 0 aliphatic rings. The fourth-order valence-electron chi connectivity index (χ4n) is 1.20. The number of aromatic nitrogens is 1. The molecule has 1 heterocycles. The number of carbonyl (C=O) groups excluding carboxylic acids is 1. The van der Waals surface area contributed by atoms with Crippen LogP contribution in [0.2, 0.25) is 5.02 Å². The van der Waals surface area contributed by atoms with E-state index in [1.54, 1.807) is 13.0 Å². The Morgan fingerprint density at radius 3 is 2.88 bits per heavy atom. The molecule has 1 rings (SSSR count). The second-order valence-electron chi connectivity index (χ2n) is 3.32. The van der Waals surface area contributed by atoms with Crippen LogP contribution in [0, 0.1) is 0 Å². The first-order valence-electron chi connectivity index (χ1n) is 4.98. The van der Waals surface area contributed by atoms with E-state index in [1.807, 2.05) is 0 Å². The van der Waals surface area contributed by atoms with Crippen molar-refractivity contribution in [1.82, 2.24) is 10.3 Å². The minimum absolute atomic E-state index is 0.0465. The van der Waals surface area contributed by atoms with Crippen LogP contribution in [-0.2, 0) is 0 Å². The van der Waals surface area contributed by atoms with Gasteiger partial charge in [-0.05, 0) is 18.6 Å². The monoisotopic (exact) mass is 256 g/mol. The molecule has 1 atom stereocenters. The second-order valence-corrected chi connectivity index (χ2v) is 3.76. The molecule has 0 saturated carbocycles. The predicted octanol–water partition coefficient (Wildman–Crippen LogP) is 0.990. The number of hydrogen-bond acceptors (Lipinski definition) is 4. The van der Waals surface area contributed by atoms with Crippen LogP contribution in [0.25, 0.3) is 0 Å². The zero-order chi connectivity index (χ0) is 12.8. The summed E-state index contributed by atoms with van der Waals surface area (Å²) in [7, 11) is 0. The van der Waals surface area contributed by atoms with Gasteiger partial charge in [-0.15, -0.1) is 0 Å². The largest absolute Gasteiger partial charge is 0.409 e. The van der Waals surface area contributed by atoms with Gasteiger partial charge in [0.2, 0.25) is 0 Å². The van der Waals surface area contributed by atoms with E-state index in [0.717, 1.165) is 0 Å². The number of nitrogens with zero attached hydrogens (tertiary/aromatic N) is 2. The summed E-state index contributed by atoms with van der Waals surface area (Å²) in [5.74, 6) is -0.449. The Labute approximate surface area is 103 Å². The van der Waals surface area contributed by atoms with Crippen LogP contribution < -0.4 is 11.1 Å². The first kappa shape index (κ1) is 13.2. The highest BCUT2D eigenvalue weighted by Gasteiger charge is 2.16. The summed E-state index contributed by atoms with van der Waals surface area (Å²) < 4.78 is 0. The molecule has 17 heavy (non-hydrogen) atoms. The Morgan fingerprint density at radius 1 is 1.71 bits per heavy atom. The molecule has 0 fully saturated rings. The molecule has 92 valence electrons. The third kappa shape index (κ3) is 3.60. The zero-order valence-corrected chi connectivity index (χ0v) is 9.98. The van der Waals surface area contributed by atoms with Gasteiger partial charge >= 0.3 is 0 Å². The number of hydrogen-bond donors (Lipinski definition) is 3. The molecule has 1 aromatic rings. The van der Waals surface area contributed by atoms with E-state index < -0.39 is 11.9 Å². The second kappa shape index (κ2) is 6.05. The van der Waals surface area contributed by atoms with Crippen molar-refractivity contribution in [2.45, 2.75) is 19.4 Å². The molecule has 0 aliphatic carbocycles. The van der Waals surface area contributed by atoms with Crippen LogP contribution in [0.5, 0.6) is 0 Å². The SMILES string of the molecule is CCC(NC(=O)c1ccc(Cl)cn1)C(N)=NO. The number of pyridine rings is 1. The van der Waals surface area contributed by atoms with Gasteiger partial charge in [-0.25, -0.2) is 4.98 Å². The Bertz CT molecular complexity index is 419. The Morgan fingerprint density at radius 2 is 2.41 bits per heavy atom. The lowest BCUT2D eigenvalue weighted by Crippen LogP contribution is -2.44. The number of nitrogens with one attached hydrogen (secondary N) is 1. The minimum atomic E-state index is -0.523. The summed E-state index contributed by atoms with van der Waals surface area (Å²) in [6.07, 6.45) is 1.89. The highest BCUT2D eigenvalue weighted by Crippen LogP contribution is 2.06. The van der Waals surface area contributed by atoms with Crippen LogP contribution in [0.1, 0.15) is 23.8 Å². The molecular weight excluding hydrogens is 244 g/mol. The van der Waals surface area contributed by atoms with Gasteiger partial charge in [-0.3, -0.25) is 4.79 Å². The summed E-state index contributed by atoms with van der Waals surface area (Å²) in [5.41, 5.74) is 5.64. The van der Waals surface area contributed by atoms with Crippen LogP contribution in [0.3, 0.4) is 0 Å². The third-order valence-electron chi connectivity index (χ3n) is 2.15. The summed E-state index contributed by atoms with van der Waals surface area (Å²) in [6, 6.07) is 2.54. The summed E-state index contributed by atoms with van der Waals surface area (Å²) >= 11 is 5.66. The summed E-state index contributed by atoms with van der Waals surface area (Å²) in [5, 5.41) is 14.4. The van der Waals surface area contributed by atoms with Gasteiger partial charge in [0.25, 0.3) is 5.91 Å². The van der Waals surface area contributed by atoms with Crippen LogP contribution >= 0.6 is 11.6 Å². The van der Waals surface area contributed by atoms with Crippen molar-refractivity contribution in [1.29, 1.82) is 0 Å². The maximum absolute atomic E-state index is 11.7. The van der Waals surface area contributed by atoms with Gasteiger partial charge in [0.1, 0.15) is 5.69 Å². The molecule has 1 unspecified atom stereocenters. The Balaban J connectivity index is 2.74. The van der Waals surface area contributed by atoms with Crippen molar-refractivity contribution in [3.8, 4) is 0 Å². The highest BCUT2D eigenvalue weighted by molar-refractivity contribution is 6.30. The van der Waals surface area contributed by atoms with Crippen molar-refractivity contribution in [2.24, 2.45) is 10.9 Å². The fourth-order valence-corrected chi connectivity index (χ4v) is 1.31. The molecule has 0 spiro atoms. The van der Waals surface area contributed by atoms with Gasteiger partial charge in [0.15, 0.2) is 5.84 Å². The smallest absolute Gasteiger partial charge is 0.270 e. The first-order chi connectivity index (χ1) is 8.08. The van der Waals surface area contributed by atoms with Crippen molar-refractivity contribution >= 4 is 23.3 Å². The van der Waals surface area contributed by atoms with E-state index >= 15 is 0 Å². The average molecular weight is 257 g/mol. The maximum Gasteiger partial charge on any atom is 0.270 e. The van der Waals surface area contributed by atoms with E-state index in [1.165, 1.54) is 12.3 Å². The Hall–Kier alpha value is -1.82. The number of amidine groups is 1. The zero-order valence-electron chi connectivity index (χ0n) is 9.22. The molecule has 7 heteroatoms. The lowest BCUT2D eigenvalue weighted by molar-refractivity contribution is 0.0940. The van der Waals surface area contributed by atoms with Crippen molar-refractivity contribution < 1.29 is 10.0 Å². The molecule has 0 radical (unpaired) electrons. The first-order valence-corrected chi connectivity index (χ1v) is 5.36. The molecule has 0 aliphatic heterocycles. The highest BCUT2D eigenvalue weighted by atomic mass is 35.5. The quantitative estimate of drug-likeness (QED) is 0.324. The van der Waals surface area contributed by atoms with Gasteiger partial charge in [-0.1, -0.05) is 23.7 Å². The Kier molecular flexibility index (Phi) is 4.71. The molecule has 0 bridgehead atoms. The molecular formula is C10H13ClN4O2. The van der Waals surface area contributed by atoms with Gasteiger partial charge in [0.05, 0.1) is 11.1 Å². The van der Waals surface area contributed by atoms with Crippen molar-refractivity contribution in [3.05, 3.63) is 29.0 Å². The van der Waals surface area contributed by atoms with E-state index in [4.69, 9.17) is 22.5 Å². The minimum Gasteiger partial charge on any atom is -0.409 e. The van der Waals surface area contributed by atoms with Gasteiger partial charge in [-0.2, -0.15) is 0 Å². The van der Waals surface area contributed by atoms with E-state index in [0.29, 0.717) is 11.4 Å². The lowest BCUT2D eigenvalue weighted by Gasteiger charge is -2.14. The predicted molar refractivity (Wildman–Crippen MR) is 64.2 cm³/mol. The lowest BCUT2D eigenvalue weighted by atomic mass is 10.2. The van der Waals surface area contributed by atoms with Crippen molar-refractivity contribution in [2.75, 3.05) is 0 Å². The third-order valence-corrected chi connectivity index (χ3v) is 2.37. The summed E-state index contributed by atoms with van der Waals surface area (Å²) in [4.78, 5) is 15.6.